The van der Waals surface area contributed by atoms with E-state index in [9.17, 15) is 18.0 Å². The molecule has 6 heteroatoms. The molecular formula is C13H11F3N2O. The first-order chi connectivity index (χ1) is 8.91. The molecule has 0 saturated carbocycles. The summed E-state index contributed by atoms with van der Waals surface area (Å²) in [7, 11) is 0. The van der Waals surface area contributed by atoms with Crippen molar-refractivity contribution in [1.29, 1.82) is 0 Å². The quantitative estimate of drug-likeness (QED) is 0.879. The molecule has 0 spiro atoms. The summed E-state index contributed by atoms with van der Waals surface area (Å²) >= 11 is 0. The van der Waals surface area contributed by atoms with Gasteiger partial charge in [-0.3, -0.25) is 4.79 Å². The zero-order valence-corrected chi connectivity index (χ0v) is 9.79. The Morgan fingerprint density at radius 1 is 1.16 bits per heavy atom. The summed E-state index contributed by atoms with van der Waals surface area (Å²) in [6.45, 7) is 0.0299. The number of nitrogens with two attached hydrogens (primary N) is 1. The fourth-order valence-corrected chi connectivity index (χ4v) is 1.72. The van der Waals surface area contributed by atoms with Gasteiger partial charge in [-0.15, -0.1) is 0 Å². The van der Waals surface area contributed by atoms with Crippen LogP contribution in [-0.2, 0) is 12.7 Å². The van der Waals surface area contributed by atoms with E-state index in [1.807, 2.05) is 0 Å². The molecule has 0 aliphatic carbocycles. The van der Waals surface area contributed by atoms with Crippen molar-refractivity contribution in [2.45, 2.75) is 12.7 Å². The predicted molar refractivity (Wildman–Crippen MR) is 65.4 cm³/mol. The Bertz CT molecular complexity index is 647. The van der Waals surface area contributed by atoms with E-state index in [1.165, 1.54) is 18.3 Å². The molecule has 19 heavy (non-hydrogen) atoms. The zero-order valence-electron chi connectivity index (χ0n) is 9.79. The van der Waals surface area contributed by atoms with Crippen LogP contribution in [-0.4, -0.2) is 4.98 Å². The van der Waals surface area contributed by atoms with Gasteiger partial charge in [0.1, 0.15) is 0 Å². The molecule has 1 heterocycles. The first-order valence-electron chi connectivity index (χ1n) is 5.51. The number of hydrogen-bond donors (Lipinski definition) is 2. The molecule has 3 N–H and O–H groups in total. The van der Waals surface area contributed by atoms with Crippen LogP contribution in [0.1, 0.15) is 11.1 Å². The van der Waals surface area contributed by atoms with Crippen molar-refractivity contribution in [3.05, 3.63) is 58.0 Å². The Labute approximate surface area is 106 Å². The number of aromatic amines is 1. The van der Waals surface area contributed by atoms with Gasteiger partial charge in [-0.05, 0) is 29.3 Å². The lowest BCUT2D eigenvalue weighted by Gasteiger charge is -2.09. The van der Waals surface area contributed by atoms with Gasteiger partial charge in [0.2, 0.25) is 0 Å². The Morgan fingerprint density at radius 2 is 1.89 bits per heavy atom. The van der Waals surface area contributed by atoms with E-state index >= 15 is 0 Å². The van der Waals surface area contributed by atoms with Crippen LogP contribution in [0.5, 0.6) is 0 Å². The van der Waals surface area contributed by atoms with Gasteiger partial charge < -0.3 is 10.7 Å². The van der Waals surface area contributed by atoms with E-state index < -0.39 is 11.7 Å². The molecule has 1 aromatic heterocycles. The smallest absolute Gasteiger partial charge is 0.328 e. The van der Waals surface area contributed by atoms with Crippen molar-refractivity contribution in [2.24, 2.45) is 5.73 Å². The summed E-state index contributed by atoms with van der Waals surface area (Å²) in [6, 6.07) is 6.40. The minimum Gasteiger partial charge on any atom is -0.328 e. The van der Waals surface area contributed by atoms with E-state index in [0.717, 1.165) is 12.1 Å². The number of alkyl halides is 3. The maximum absolute atomic E-state index is 12.6. The van der Waals surface area contributed by atoms with Crippen LogP contribution < -0.4 is 11.3 Å². The lowest BCUT2D eigenvalue weighted by Crippen LogP contribution is -2.15. The number of halogens is 3. The monoisotopic (exact) mass is 268 g/mol. The Balaban J connectivity index is 2.50. The summed E-state index contributed by atoms with van der Waals surface area (Å²) < 4.78 is 37.8. The minimum absolute atomic E-state index is 0.0299. The van der Waals surface area contributed by atoms with Crippen LogP contribution in [0.3, 0.4) is 0 Å². The lowest BCUT2D eigenvalue weighted by molar-refractivity contribution is -0.137. The third-order valence-electron chi connectivity index (χ3n) is 2.72. The van der Waals surface area contributed by atoms with Crippen molar-refractivity contribution in [2.75, 3.05) is 0 Å². The Kier molecular flexibility index (Phi) is 3.44. The van der Waals surface area contributed by atoms with Gasteiger partial charge in [0.15, 0.2) is 0 Å². The van der Waals surface area contributed by atoms with Crippen LogP contribution >= 0.6 is 0 Å². The Morgan fingerprint density at radius 3 is 2.53 bits per heavy atom. The molecule has 0 aliphatic heterocycles. The second-order valence-corrected chi connectivity index (χ2v) is 4.03. The van der Waals surface area contributed by atoms with Crippen LogP contribution in [0.15, 0.2) is 41.3 Å². The average molecular weight is 268 g/mol. The number of rotatable bonds is 2. The molecule has 0 saturated heterocycles. The highest BCUT2D eigenvalue weighted by atomic mass is 19.4. The number of H-pyrrole nitrogens is 1. The highest BCUT2D eigenvalue weighted by Gasteiger charge is 2.30. The number of nitrogens with one attached hydrogen (secondary N) is 1. The maximum atomic E-state index is 12.6. The Hall–Kier alpha value is -2.08. The third-order valence-corrected chi connectivity index (χ3v) is 2.72. The molecule has 0 atom stereocenters. The molecule has 0 unspecified atom stereocenters. The molecule has 2 aromatic rings. The molecule has 0 aliphatic rings. The minimum atomic E-state index is -4.39. The van der Waals surface area contributed by atoms with Crippen LogP contribution in [0.2, 0.25) is 0 Å². The maximum Gasteiger partial charge on any atom is 0.416 e. The number of aromatic nitrogens is 1. The fraction of sp³-hybridized carbons (Fsp3) is 0.154. The molecule has 3 nitrogen and oxygen atoms in total. The SMILES string of the molecule is NCc1cc(-c2cccc(C(F)(F)F)c2)c[nH]c1=O. The van der Waals surface area contributed by atoms with E-state index in [2.05, 4.69) is 4.98 Å². The molecule has 0 radical (unpaired) electrons. The van der Waals surface area contributed by atoms with Gasteiger partial charge >= 0.3 is 6.18 Å². The van der Waals surface area contributed by atoms with E-state index in [1.54, 1.807) is 6.07 Å². The number of benzene rings is 1. The summed E-state index contributed by atoms with van der Waals surface area (Å²) in [5, 5.41) is 0. The summed E-state index contributed by atoms with van der Waals surface area (Å²) in [5.41, 5.74) is 5.53. The van der Waals surface area contributed by atoms with Gasteiger partial charge in [-0.1, -0.05) is 12.1 Å². The largest absolute Gasteiger partial charge is 0.416 e. The molecule has 0 amide bonds. The van der Waals surface area contributed by atoms with Gasteiger partial charge in [0.25, 0.3) is 5.56 Å². The van der Waals surface area contributed by atoms with Gasteiger partial charge in [0.05, 0.1) is 5.56 Å². The van der Waals surface area contributed by atoms with Crippen LogP contribution in [0.25, 0.3) is 11.1 Å². The summed E-state index contributed by atoms with van der Waals surface area (Å²) in [4.78, 5) is 13.8. The normalized spacial score (nSPS) is 11.6. The van der Waals surface area contributed by atoms with Crippen molar-refractivity contribution >= 4 is 0 Å². The van der Waals surface area contributed by atoms with Crippen molar-refractivity contribution in [3.8, 4) is 11.1 Å². The average Bonchev–Trinajstić information content (AvgIpc) is 2.38. The van der Waals surface area contributed by atoms with E-state index in [0.29, 0.717) is 16.7 Å². The lowest BCUT2D eigenvalue weighted by atomic mass is 10.0. The molecule has 1 aromatic carbocycles. The number of hydrogen-bond acceptors (Lipinski definition) is 2. The predicted octanol–water partition coefficient (Wildman–Crippen LogP) is 2.52. The molecule has 0 fully saturated rings. The molecule has 2 rings (SSSR count). The van der Waals surface area contributed by atoms with Crippen LogP contribution in [0, 0.1) is 0 Å². The van der Waals surface area contributed by atoms with Crippen molar-refractivity contribution in [1.82, 2.24) is 4.98 Å². The van der Waals surface area contributed by atoms with E-state index in [4.69, 9.17) is 5.73 Å². The first-order valence-corrected chi connectivity index (χ1v) is 5.51. The first kappa shape index (κ1) is 13.4. The summed E-state index contributed by atoms with van der Waals surface area (Å²) in [6.07, 6.45) is -3.02. The topological polar surface area (TPSA) is 58.9 Å². The van der Waals surface area contributed by atoms with Crippen LogP contribution in [0.4, 0.5) is 13.2 Å². The second-order valence-electron chi connectivity index (χ2n) is 4.03. The third kappa shape index (κ3) is 2.85. The van der Waals surface area contributed by atoms with E-state index in [-0.39, 0.29) is 12.1 Å². The highest BCUT2D eigenvalue weighted by molar-refractivity contribution is 5.64. The van der Waals surface area contributed by atoms with Gasteiger partial charge in [-0.25, -0.2) is 0 Å². The van der Waals surface area contributed by atoms with Crippen molar-refractivity contribution in [3.63, 3.8) is 0 Å². The second kappa shape index (κ2) is 4.89. The standard InChI is InChI=1S/C13H11F3N2O/c14-13(15,16)11-3-1-2-8(5-11)10-4-9(6-17)12(19)18-7-10/h1-5,7H,6,17H2,(H,18,19). The summed E-state index contributed by atoms with van der Waals surface area (Å²) in [5.74, 6) is 0. The highest BCUT2D eigenvalue weighted by Crippen LogP contribution is 2.31. The fourth-order valence-electron chi connectivity index (χ4n) is 1.72. The molecular weight excluding hydrogens is 257 g/mol. The van der Waals surface area contributed by atoms with Crippen molar-refractivity contribution < 1.29 is 13.2 Å². The zero-order chi connectivity index (χ0) is 14.0. The molecule has 0 bridgehead atoms. The number of pyridine rings is 1. The van der Waals surface area contributed by atoms with Gasteiger partial charge in [-0.2, -0.15) is 13.2 Å². The van der Waals surface area contributed by atoms with Gasteiger partial charge in [0, 0.05) is 18.3 Å². The molecule has 100 valence electrons.